The van der Waals surface area contributed by atoms with Gasteiger partial charge in [0.15, 0.2) is 0 Å². The average molecular weight is 623 g/mol. The number of aromatic hydroxyl groups is 1. The van der Waals surface area contributed by atoms with Crippen molar-refractivity contribution < 1.29 is 5.11 Å². The fourth-order valence-corrected chi connectivity index (χ4v) is 6.71. The molecule has 5 nitrogen and oxygen atoms in total. The predicted molar refractivity (Wildman–Crippen MR) is 196 cm³/mol. The first kappa shape index (κ1) is 32.2. The zero-order chi connectivity index (χ0) is 34.0. The van der Waals surface area contributed by atoms with Crippen LogP contribution in [0.2, 0.25) is 0 Å². The van der Waals surface area contributed by atoms with Crippen LogP contribution < -0.4 is 0 Å². The molecule has 0 fully saturated rings. The lowest BCUT2D eigenvalue weighted by Crippen LogP contribution is -2.17. The maximum Gasteiger partial charge on any atom is 0.144 e. The fraction of sp³-hybridized carbons (Fsp3) is 0.310. The molecule has 3 aromatic heterocycles. The molecule has 240 valence electrons. The van der Waals surface area contributed by atoms with E-state index in [9.17, 15) is 5.11 Å². The average Bonchev–Trinajstić information content (AvgIpc) is 3.32. The summed E-state index contributed by atoms with van der Waals surface area (Å²) < 4.78 is 2.08. The van der Waals surface area contributed by atoms with Crippen LogP contribution in [0.3, 0.4) is 0 Å². The summed E-state index contributed by atoms with van der Waals surface area (Å²) in [5.41, 5.74) is 15.1. The highest BCUT2D eigenvalue weighted by Crippen LogP contribution is 2.43. The number of hydrogen-bond donors (Lipinski definition) is 1. The number of imidazole rings is 1. The number of hydrogen-bond acceptors (Lipinski definition) is 4. The quantitative estimate of drug-likeness (QED) is 0.212. The van der Waals surface area contributed by atoms with Gasteiger partial charge in [-0.1, -0.05) is 71.4 Å². The number of benzene rings is 3. The van der Waals surface area contributed by atoms with Crippen LogP contribution in [0.25, 0.3) is 56.1 Å². The van der Waals surface area contributed by atoms with E-state index in [0.717, 1.165) is 61.4 Å². The van der Waals surface area contributed by atoms with Gasteiger partial charge in [-0.15, -0.1) is 0 Å². The van der Waals surface area contributed by atoms with Gasteiger partial charge in [0.05, 0.1) is 22.5 Å². The zero-order valence-corrected chi connectivity index (χ0v) is 29.7. The molecular weight excluding hydrogens is 576 g/mol. The highest BCUT2D eigenvalue weighted by molar-refractivity contribution is 5.95. The third kappa shape index (κ3) is 5.95. The van der Waals surface area contributed by atoms with Crippen molar-refractivity contribution in [3.05, 3.63) is 106 Å². The summed E-state index contributed by atoms with van der Waals surface area (Å²) in [5.74, 6) is 0.989. The van der Waals surface area contributed by atoms with Gasteiger partial charge in [-0.3, -0.25) is 9.97 Å². The smallest absolute Gasteiger partial charge is 0.144 e. The van der Waals surface area contributed by atoms with E-state index in [1.165, 1.54) is 22.3 Å². The lowest BCUT2D eigenvalue weighted by atomic mass is 9.79. The van der Waals surface area contributed by atoms with Gasteiger partial charge in [-0.25, -0.2) is 4.98 Å². The third-order valence-corrected chi connectivity index (χ3v) is 9.20. The normalized spacial score (nSPS) is 12.2. The molecule has 0 aliphatic rings. The van der Waals surface area contributed by atoms with E-state index in [4.69, 9.17) is 15.0 Å². The highest BCUT2D eigenvalue weighted by atomic mass is 16.3. The Morgan fingerprint density at radius 3 is 1.96 bits per heavy atom. The molecular formula is C42H46N4O. The minimum Gasteiger partial charge on any atom is -0.507 e. The van der Waals surface area contributed by atoms with E-state index in [2.05, 4.69) is 128 Å². The second-order valence-corrected chi connectivity index (χ2v) is 15.2. The van der Waals surface area contributed by atoms with Gasteiger partial charge in [0.25, 0.3) is 0 Å². The topological polar surface area (TPSA) is 63.8 Å². The second-order valence-electron chi connectivity index (χ2n) is 15.2. The number of pyridine rings is 2. The Labute approximate surface area is 279 Å². The predicted octanol–water partition coefficient (Wildman–Crippen LogP) is 10.6. The van der Waals surface area contributed by atoms with Crippen LogP contribution in [0.1, 0.15) is 74.9 Å². The molecule has 0 radical (unpaired) electrons. The van der Waals surface area contributed by atoms with Crippen molar-refractivity contribution in [2.45, 2.75) is 80.1 Å². The largest absolute Gasteiger partial charge is 0.507 e. The van der Waals surface area contributed by atoms with Crippen molar-refractivity contribution in [3.63, 3.8) is 0 Å². The minimum absolute atomic E-state index is 0.104. The molecule has 0 aliphatic heterocycles. The van der Waals surface area contributed by atoms with Crippen LogP contribution >= 0.6 is 0 Å². The van der Waals surface area contributed by atoms with E-state index >= 15 is 0 Å². The lowest BCUT2D eigenvalue weighted by molar-refractivity contribution is 0.446. The van der Waals surface area contributed by atoms with Gasteiger partial charge in [-0.05, 0) is 108 Å². The van der Waals surface area contributed by atoms with E-state index in [0.29, 0.717) is 5.82 Å². The van der Waals surface area contributed by atoms with Crippen LogP contribution in [0.5, 0.6) is 5.75 Å². The number of aromatic nitrogens is 4. The van der Waals surface area contributed by atoms with Crippen molar-refractivity contribution in [1.29, 1.82) is 0 Å². The Balaban J connectivity index is 1.62. The zero-order valence-electron chi connectivity index (χ0n) is 29.7. The summed E-state index contributed by atoms with van der Waals surface area (Å²) in [6.07, 6.45) is 3.77. The number of rotatable bonds is 4. The summed E-state index contributed by atoms with van der Waals surface area (Å²) in [6.45, 7) is 21.6. The van der Waals surface area contributed by atoms with Gasteiger partial charge in [0.2, 0.25) is 0 Å². The Morgan fingerprint density at radius 2 is 1.34 bits per heavy atom. The van der Waals surface area contributed by atoms with Crippen LogP contribution in [0, 0.1) is 27.7 Å². The number of nitrogens with zero attached hydrogens (tertiary/aromatic N) is 4. The molecule has 0 spiro atoms. The van der Waals surface area contributed by atoms with Gasteiger partial charge in [-0.2, -0.15) is 0 Å². The molecule has 6 rings (SSSR count). The Morgan fingerprint density at radius 1 is 0.681 bits per heavy atom. The summed E-state index contributed by atoms with van der Waals surface area (Å²) in [6, 6.07) is 21.6. The first-order valence-corrected chi connectivity index (χ1v) is 16.4. The molecule has 0 atom stereocenters. The fourth-order valence-electron chi connectivity index (χ4n) is 6.71. The van der Waals surface area contributed by atoms with Crippen LogP contribution in [-0.4, -0.2) is 24.6 Å². The van der Waals surface area contributed by atoms with Gasteiger partial charge in [0.1, 0.15) is 17.1 Å². The van der Waals surface area contributed by atoms with E-state index in [1.807, 2.05) is 25.5 Å². The van der Waals surface area contributed by atoms with Crippen LogP contribution in [-0.2, 0) is 17.9 Å². The van der Waals surface area contributed by atoms with Crippen LogP contribution in [0.4, 0.5) is 0 Å². The van der Waals surface area contributed by atoms with Crippen LogP contribution in [0.15, 0.2) is 73.1 Å². The monoisotopic (exact) mass is 622 g/mol. The third-order valence-electron chi connectivity index (χ3n) is 9.20. The summed E-state index contributed by atoms with van der Waals surface area (Å²) in [4.78, 5) is 15.0. The molecule has 3 aromatic carbocycles. The minimum atomic E-state index is -0.246. The number of fused-ring (bicyclic) bond motifs is 1. The van der Waals surface area contributed by atoms with Crippen molar-refractivity contribution >= 4 is 11.0 Å². The van der Waals surface area contributed by atoms with Crippen molar-refractivity contribution in [2.24, 2.45) is 7.05 Å². The summed E-state index contributed by atoms with van der Waals surface area (Å²) in [5, 5.41) is 11.7. The van der Waals surface area contributed by atoms with E-state index < -0.39 is 0 Å². The molecule has 6 aromatic rings. The van der Waals surface area contributed by atoms with Gasteiger partial charge < -0.3 is 9.67 Å². The Bertz CT molecular complexity index is 2130. The Kier molecular flexibility index (Phi) is 7.86. The number of phenols is 1. The molecule has 1 N–H and O–H groups in total. The molecule has 0 amide bonds. The molecule has 0 saturated carbocycles. The number of phenolic OH excluding ortho intramolecular Hbond substituents is 1. The highest BCUT2D eigenvalue weighted by Gasteiger charge is 2.28. The van der Waals surface area contributed by atoms with Gasteiger partial charge in [0, 0.05) is 36.1 Å². The van der Waals surface area contributed by atoms with Crippen molar-refractivity contribution in [1.82, 2.24) is 19.5 Å². The summed E-state index contributed by atoms with van der Waals surface area (Å²) >= 11 is 0. The molecule has 0 bridgehead atoms. The maximum atomic E-state index is 11.7. The molecule has 0 aliphatic carbocycles. The van der Waals surface area contributed by atoms with E-state index in [-0.39, 0.29) is 16.6 Å². The van der Waals surface area contributed by atoms with Crippen molar-refractivity contribution in [2.75, 3.05) is 0 Å². The molecule has 0 unspecified atom stereocenters. The first-order chi connectivity index (χ1) is 22.0. The second kappa shape index (κ2) is 11.5. The Hall–Kier alpha value is -4.77. The number of aryl methyl sites for hydroxylation is 5. The van der Waals surface area contributed by atoms with Gasteiger partial charge >= 0.3 is 0 Å². The van der Waals surface area contributed by atoms with E-state index in [1.54, 1.807) is 0 Å². The molecule has 47 heavy (non-hydrogen) atoms. The SMILES string of the molecule is Cc1ccc(-c2cc(-c3c(C)cc(C)cc3C)cc(-c3nccc4c3nc(-c3cc(C(C)(C)C)cc(C(C)(C)C)c3O)n4C)c2)nc1. The van der Waals surface area contributed by atoms with Crippen molar-refractivity contribution in [3.8, 4) is 50.8 Å². The first-order valence-electron chi connectivity index (χ1n) is 16.4. The summed E-state index contributed by atoms with van der Waals surface area (Å²) in [7, 11) is 2.02. The lowest BCUT2D eigenvalue weighted by Gasteiger charge is -2.27. The standard InChI is InChI=1S/C42H46N4O/c1-24-12-13-34(44-23-24)28-18-29(36-26(3)16-25(2)17-27(36)4)20-30(19-28)37-38-35(14-15-43-37)46(11)40(45-38)32-21-31(41(5,6)7)22-33(39(32)47)42(8,9)10/h12-23,47H,1-11H3. The molecule has 0 saturated heterocycles. The molecule has 3 heterocycles. The molecule has 5 heteroatoms. The maximum absolute atomic E-state index is 11.7.